The van der Waals surface area contributed by atoms with E-state index >= 15 is 0 Å². The van der Waals surface area contributed by atoms with Gasteiger partial charge in [0.2, 0.25) is 0 Å². The van der Waals surface area contributed by atoms with Gasteiger partial charge in [0, 0.05) is 19.2 Å². The second kappa shape index (κ2) is 6.26. The molecule has 1 aliphatic heterocycles. The van der Waals surface area contributed by atoms with Gasteiger partial charge < -0.3 is 4.90 Å². The summed E-state index contributed by atoms with van der Waals surface area (Å²) in [5.74, 6) is 0. The van der Waals surface area contributed by atoms with Crippen LogP contribution in [0.5, 0.6) is 0 Å². The Bertz CT molecular complexity index is 250. The molecule has 76 valence electrons. The molecule has 0 bridgehead atoms. The lowest BCUT2D eigenvalue weighted by molar-refractivity contribution is 0.391. The van der Waals surface area contributed by atoms with Crippen LogP contribution in [0.1, 0.15) is 32.6 Å². The Kier molecular flexibility index (Phi) is 4.85. The molecule has 1 fully saturated rings. The van der Waals surface area contributed by atoms with Crippen LogP contribution in [0.25, 0.3) is 0 Å². The van der Waals surface area contributed by atoms with E-state index in [1.807, 2.05) is 19.1 Å². The van der Waals surface area contributed by atoms with Crippen molar-refractivity contribution in [1.82, 2.24) is 4.90 Å². The number of nitriles is 1. The van der Waals surface area contributed by atoms with Crippen molar-refractivity contribution in [1.29, 1.82) is 5.26 Å². The predicted molar refractivity (Wildman–Crippen MR) is 58.6 cm³/mol. The van der Waals surface area contributed by atoms with Crippen LogP contribution >= 0.6 is 0 Å². The molecule has 0 aromatic carbocycles. The summed E-state index contributed by atoms with van der Waals surface area (Å²) in [5, 5.41) is 8.44. The van der Waals surface area contributed by atoms with E-state index in [9.17, 15) is 0 Å². The Morgan fingerprint density at radius 1 is 1.21 bits per heavy atom. The van der Waals surface area contributed by atoms with Crippen molar-refractivity contribution in [3.8, 4) is 6.07 Å². The van der Waals surface area contributed by atoms with Crippen molar-refractivity contribution in [2.45, 2.75) is 32.6 Å². The third-order valence-electron chi connectivity index (χ3n) is 2.48. The molecule has 1 aliphatic rings. The van der Waals surface area contributed by atoms with Gasteiger partial charge in [0.1, 0.15) is 0 Å². The van der Waals surface area contributed by atoms with Gasteiger partial charge >= 0.3 is 0 Å². The van der Waals surface area contributed by atoms with Crippen molar-refractivity contribution >= 4 is 0 Å². The van der Waals surface area contributed by atoms with Crippen molar-refractivity contribution in [3.63, 3.8) is 0 Å². The third kappa shape index (κ3) is 4.13. The molecule has 0 atom stereocenters. The molecule has 0 amide bonds. The van der Waals surface area contributed by atoms with Crippen LogP contribution in [0.15, 0.2) is 23.9 Å². The highest BCUT2D eigenvalue weighted by atomic mass is 15.1. The van der Waals surface area contributed by atoms with Gasteiger partial charge in [-0.05, 0) is 37.6 Å². The molecule has 0 spiro atoms. The molecule has 2 heteroatoms. The van der Waals surface area contributed by atoms with E-state index in [4.69, 9.17) is 5.26 Å². The van der Waals surface area contributed by atoms with Gasteiger partial charge in [0.05, 0.1) is 6.07 Å². The lowest BCUT2D eigenvalue weighted by Crippen LogP contribution is -2.17. The largest absolute Gasteiger partial charge is 0.377 e. The molecule has 1 rings (SSSR count). The van der Waals surface area contributed by atoms with Crippen molar-refractivity contribution in [2.24, 2.45) is 0 Å². The highest BCUT2D eigenvalue weighted by Crippen LogP contribution is 2.10. The summed E-state index contributed by atoms with van der Waals surface area (Å²) in [6, 6.07) is 2.04. The first-order valence-corrected chi connectivity index (χ1v) is 5.31. The molecule has 0 aromatic heterocycles. The fourth-order valence-electron chi connectivity index (χ4n) is 1.62. The first-order chi connectivity index (χ1) is 6.83. The third-order valence-corrected chi connectivity index (χ3v) is 2.48. The standard InChI is InChI=1S/C12H18N2/c1-12(6-8-13)7-11-14-9-4-2-3-5-10-14/h6-7,11H,2-5,9-10H2,1H3/b11-7+,12-6-. The van der Waals surface area contributed by atoms with Gasteiger partial charge in [0.25, 0.3) is 0 Å². The Hall–Kier alpha value is -1.23. The lowest BCUT2D eigenvalue weighted by Gasteiger charge is -2.16. The van der Waals surface area contributed by atoms with Crippen LogP contribution in [0.4, 0.5) is 0 Å². The molecule has 14 heavy (non-hydrogen) atoms. The summed E-state index contributed by atoms with van der Waals surface area (Å²) >= 11 is 0. The molecule has 0 saturated carbocycles. The normalized spacial score (nSPS) is 19.4. The molecule has 0 aromatic rings. The number of allylic oxidation sites excluding steroid dienone is 3. The minimum Gasteiger partial charge on any atom is -0.377 e. The maximum atomic E-state index is 8.44. The summed E-state index contributed by atoms with van der Waals surface area (Å²) in [4.78, 5) is 2.35. The maximum Gasteiger partial charge on any atom is 0.0914 e. The summed E-state index contributed by atoms with van der Waals surface area (Å²) in [6.07, 6.45) is 11.0. The number of rotatable bonds is 2. The van der Waals surface area contributed by atoms with E-state index < -0.39 is 0 Å². The van der Waals surface area contributed by atoms with Crippen LogP contribution in [0, 0.1) is 11.3 Å². The fourth-order valence-corrected chi connectivity index (χ4v) is 1.62. The van der Waals surface area contributed by atoms with Crippen LogP contribution in [-0.4, -0.2) is 18.0 Å². The zero-order valence-electron chi connectivity index (χ0n) is 8.87. The topological polar surface area (TPSA) is 27.0 Å². The Morgan fingerprint density at radius 3 is 2.43 bits per heavy atom. The van der Waals surface area contributed by atoms with Gasteiger partial charge in [-0.15, -0.1) is 0 Å². The van der Waals surface area contributed by atoms with Crippen LogP contribution in [-0.2, 0) is 0 Å². The van der Waals surface area contributed by atoms with E-state index in [0.29, 0.717) is 0 Å². The minimum absolute atomic E-state index is 1.02. The van der Waals surface area contributed by atoms with Gasteiger partial charge in [-0.1, -0.05) is 12.8 Å². The maximum absolute atomic E-state index is 8.44. The molecule has 0 unspecified atom stereocenters. The van der Waals surface area contributed by atoms with Gasteiger partial charge in [-0.2, -0.15) is 5.26 Å². The summed E-state index contributed by atoms with van der Waals surface area (Å²) in [5.41, 5.74) is 1.02. The highest BCUT2D eigenvalue weighted by molar-refractivity contribution is 5.22. The molecule has 0 N–H and O–H groups in total. The number of nitrogens with zero attached hydrogens (tertiary/aromatic N) is 2. The van der Waals surface area contributed by atoms with Gasteiger partial charge in [-0.25, -0.2) is 0 Å². The van der Waals surface area contributed by atoms with Crippen molar-refractivity contribution in [3.05, 3.63) is 23.9 Å². The lowest BCUT2D eigenvalue weighted by atomic mass is 10.2. The quantitative estimate of drug-likeness (QED) is 0.494. The Morgan fingerprint density at radius 2 is 1.86 bits per heavy atom. The minimum atomic E-state index is 1.02. The van der Waals surface area contributed by atoms with E-state index in [1.54, 1.807) is 6.08 Å². The first kappa shape index (κ1) is 10.8. The van der Waals surface area contributed by atoms with E-state index in [1.165, 1.54) is 25.7 Å². The number of hydrogen-bond donors (Lipinski definition) is 0. The fraction of sp³-hybridized carbons (Fsp3) is 0.583. The smallest absolute Gasteiger partial charge is 0.0914 e. The molecule has 1 heterocycles. The molecule has 0 aliphatic carbocycles. The zero-order chi connectivity index (χ0) is 10.2. The van der Waals surface area contributed by atoms with E-state index in [-0.39, 0.29) is 0 Å². The van der Waals surface area contributed by atoms with Gasteiger partial charge in [-0.3, -0.25) is 0 Å². The Labute approximate surface area is 86.5 Å². The van der Waals surface area contributed by atoms with E-state index in [0.717, 1.165) is 18.7 Å². The molecule has 0 radical (unpaired) electrons. The van der Waals surface area contributed by atoms with E-state index in [2.05, 4.69) is 11.1 Å². The SMILES string of the molecule is CC(=C/C#N)/C=C/N1CCCCCC1. The number of hydrogen-bond acceptors (Lipinski definition) is 2. The second-order valence-electron chi connectivity index (χ2n) is 3.78. The molecular formula is C12H18N2. The highest BCUT2D eigenvalue weighted by Gasteiger charge is 2.03. The molecule has 2 nitrogen and oxygen atoms in total. The predicted octanol–water partition coefficient (Wildman–Crippen LogP) is 2.85. The van der Waals surface area contributed by atoms with Gasteiger partial charge in [0.15, 0.2) is 0 Å². The van der Waals surface area contributed by atoms with Crippen molar-refractivity contribution in [2.75, 3.05) is 13.1 Å². The van der Waals surface area contributed by atoms with Crippen molar-refractivity contribution < 1.29 is 0 Å². The van der Waals surface area contributed by atoms with Crippen LogP contribution < -0.4 is 0 Å². The average molecular weight is 190 g/mol. The Balaban J connectivity index is 2.42. The zero-order valence-corrected chi connectivity index (χ0v) is 8.87. The summed E-state index contributed by atoms with van der Waals surface area (Å²) < 4.78 is 0. The first-order valence-electron chi connectivity index (χ1n) is 5.31. The summed E-state index contributed by atoms with van der Waals surface area (Å²) in [7, 11) is 0. The molecule has 1 saturated heterocycles. The average Bonchev–Trinajstić information content (AvgIpc) is 2.43. The number of likely N-dealkylation sites (tertiary alicyclic amines) is 1. The monoisotopic (exact) mass is 190 g/mol. The summed E-state index contributed by atoms with van der Waals surface area (Å²) in [6.45, 7) is 4.28. The van der Waals surface area contributed by atoms with Crippen LogP contribution in [0.3, 0.4) is 0 Å². The van der Waals surface area contributed by atoms with Crippen LogP contribution in [0.2, 0.25) is 0 Å². The molecular weight excluding hydrogens is 172 g/mol. The second-order valence-corrected chi connectivity index (χ2v) is 3.78.